The van der Waals surface area contributed by atoms with Crippen molar-refractivity contribution in [2.24, 2.45) is 5.41 Å². The zero-order chi connectivity index (χ0) is 17.0. The number of rotatable bonds is 4. The van der Waals surface area contributed by atoms with Crippen molar-refractivity contribution in [2.45, 2.75) is 59.5 Å². The van der Waals surface area contributed by atoms with E-state index in [2.05, 4.69) is 6.58 Å². The minimum atomic E-state index is -0.555. The van der Waals surface area contributed by atoms with Gasteiger partial charge in [-0.2, -0.15) is 0 Å². The number of piperidine rings is 1. The topological polar surface area (TPSA) is 55.8 Å². The lowest BCUT2D eigenvalue weighted by Crippen LogP contribution is -2.48. The van der Waals surface area contributed by atoms with Crippen molar-refractivity contribution in [1.29, 1.82) is 0 Å². The Kier molecular flexibility index (Phi) is 6.03. The molecular formula is C17H29NO4. The maximum Gasteiger partial charge on any atom is 0.410 e. The van der Waals surface area contributed by atoms with Gasteiger partial charge < -0.3 is 14.4 Å². The van der Waals surface area contributed by atoms with E-state index in [4.69, 9.17) is 9.47 Å². The van der Waals surface area contributed by atoms with Gasteiger partial charge in [0.05, 0.1) is 12.0 Å². The predicted octanol–water partition coefficient (Wildman–Crippen LogP) is 3.53. The quantitative estimate of drug-likeness (QED) is 0.588. The van der Waals surface area contributed by atoms with Crippen LogP contribution >= 0.6 is 0 Å². The summed E-state index contributed by atoms with van der Waals surface area (Å²) in [5.41, 5.74) is -0.107. The molecule has 1 amide bonds. The van der Waals surface area contributed by atoms with Crippen molar-refractivity contribution < 1.29 is 19.1 Å². The van der Waals surface area contributed by atoms with Crippen LogP contribution in [-0.2, 0) is 14.3 Å². The molecule has 0 bridgehead atoms. The summed E-state index contributed by atoms with van der Waals surface area (Å²) in [5, 5.41) is 0. The average molecular weight is 311 g/mol. The molecule has 1 rings (SSSR count). The van der Waals surface area contributed by atoms with Crippen LogP contribution in [0.25, 0.3) is 0 Å². The molecule has 22 heavy (non-hydrogen) atoms. The number of likely N-dealkylation sites (tertiary alicyclic amines) is 1. The van der Waals surface area contributed by atoms with Crippen LogP contribution in [0, 0.1) is 5.41 Å². The molecule has 0 aromatic rings. The van der Waals surface area contributed by atoms with Gasteiger partial charge in [0.1, 0.15) is 5.60 Å². The molecule has 0 aliphatic carbocycles. The fourth-order valence-electron chi connectivity index (χ4n) is 2.76. The van der Waals surface area contributed by atoms with Gasteiger partial charge in [-0.3, -0.25) is 4.79 Å². The number of ether oxygens (including phenoxy) is 2. The maximum atomic E-state index is 12.4. The third kappa shape index (κ3) is 5.04. The molecule has 1 saturated heterocycles. The number of esters is 1. The molecule has 0 aromatic carbocycles. The van der Waals surface area contributed by atoms with Crippen molar-refractivity contribution in [3.8, 4) is 0 Å². The van der Waals surface area contributed by atoms with Crippen molar-refractivity contribution in [3.05, 3.63) is 12.2 Å². The Hall–Kier alpha value is -1.52. The number of carbonyl (C=O) groups excluding carboxylic acids is 2. The number of amides is 1. The second-order valence-electron chi connectivity index (χ2n) is 7.10. The third-order valence-corrected chi connectivity index (χ3v) is 3.72. The minimum Gasteiger partial charge on any atom is -0.466 e. The molecule has 5 heteroatoms. The summed E-state index contributed by atoms with van der Waals surface area (Å²) in [5.74, 6) is -0.179. The Balaban J connectivity index is 2.74. The van der Waals surface area contributed by atoms with E-state index in [-0.39, 0.29) is 12.1 Å². The third-order valence-electron chi connectivity index (χ3n) is 3.72. The first-order valence-electron chi connectivity index (χ1n) is 7.89. The predicted molar refractivity (Wildman–Crippen MR) is 85.5 cm³/mol. The number of allylic oxidation sites excluding steroid dienone is 1. The molecule has 0 aromatic heterocycles. The van der Waals surface area contributed by atoms with E-state index in [1.165, 1.54) is 0 Å². The molecule has 0 unspecified atom stereocenters. The lowest BCUT2D eigenvalue weighted by atomic mass is 9.74. The van der Waals surface area contributed by atoms with Crippen molar-refractivity contribution >= 4 is 12.1 Å². The minimum absolute atomic E-state index is 0.179. The molecule has 1 aliphatic rings. The first kappa shape index (κ1) is 18.5. The van der Waals surface area contributed by atoms with Crippen LogP contribution in [0.2, 0.25) is 0 Å². The lowest BCUT2D eigenvalue weighted by Gasteiger charge is -2.40. The van der Waals surface area contributed by atoms with Crippen molar-refractivity contribution in [2.75, 3.05) is 19.7 Å². The van der Waals surface area contributed by atoms with Gasteiger partial charge in [-0.15, -0.1) is 6.58 Å². The summed E-state index contributed by atoms with van der Waals surface area (Å²) in [6.07, 6.45) is 1.45. The van der Waals surface area contributed by atoms with Crippen LogP contribution in [0.15, 0.2) is 12.2 Å². The van der Waals surface area contributed by atoms with Gasteiger partial charge in [0.2, 0.25) is 0 Å². The second kappa shape index (κ2) is 7.16. The summed E-state index contributed by atoms with van der Waals surface area (Å²) >= 11 is 0. The molecule has 0 N–H and O–H groups in total. The number of carbonyl (C=O) groups is 2. The largest absolute Gasteiger partial charge is 0.466 e. The van der Waals surface area contributed by atoms with E-state index in [9.17, 15) is 9.59 Å². The molecule has 0 atom stereocenters. The summed E-state index contributed by atoms with van der Waals surface area (Å²) in [7, 11) is 0. The molecule has 0 radical (unpaired) electrons. The van der Waals surface area contributed by atoms with Crippen LogP contribution in [0.5, 0.6) is 0 Å². The highest BCUT2D eigenvalue weighted by atomic mass is 16.6. The van der Waals surface area contributed by atoms with E-state index >= 15 is 0 Å². The normalized spacial score (nSPS) is 17.8. The monoisotopic (exact) mass is 311 g/mol. The molecular weight excluding hydrogens is 282 g/mol. The Morgan fingerprint density at radius 3 is 2.18 bits per heavy atom. The van der Waals surface area contributed by atoms with E-state index in [0.29, 0.717) is 39.0 Å². The number of hydrogen-bond acceptors (Lipinski definition) is 4. The van der Waals surface area contributed by atoms with Crippen LogP contribution < -0.4 is 0 Å². The van der Waals surface area contributed by atoms with E-state index < -0.39 is 11.0 Å². The van der Waals surface area contributed by atoms with Crippen LogP contribution in [0.4, 0.5) is 4.79 Å². The molecule has 1 fully saturated rings. The highest BCUT2D eigenvalue weighted by Crippen LogP contribution is 2.39. The van der Waals surface area contributed by atoms with Crippen molar-refractivity contribution in [3.63, 3.8) is 0 Å². The average Bonchev–Trinajstić information content (AvgIpc) is 2.36. The van der Waals surface area contributed by atoms with Gasteiger partial charge in [0.25, 0.3) is 0 Å². The Morgan fingerprint density at radius 2 is 1.77 bits per heavy atom. The standard InChI is InChI=1S/C17H29NO4/c1-7-21-14(19)17(12-13(2)3)8-10-18(11-9-17)15(20)22-16(4,5)6/h2,7-12H2,1,3-6H3. The fraction of sp³-hybridized carbons (Fsp3) is 0.765. The zero-order valence-electron chi connectivity index (χ0n) is 14.5. The highest BCUT2D eigenvalue weighted by Gasteiger charge is 2.43. The van der Waals surface area contributed by atoms with Gasteiger partial charge in [0.15, 0.2) is 0 Å². The first-order chi connectivity index (χ1) is 10.1. The summed E-state index contributed by atoms with van der Waals surface area (Å²) in [6, 6.07) is 0. The molecule has 1 aliphatic heterocycles. The van der Waals surface area contributed by atoms with Crippen LogP contribution in [-0.4, -0.2) is 42.3 Å². The Morgan fingerprint density at radius 1 is 1.23 bits per heavy atom. The number of hydrogen-bond donors (Lipinski definition) is 0. The zero-order valence-corrected chi connectivity index (χ0v) is 14.5. The summed E-state index contributed by atoms with van der Waals surface area (Å²) < 4.78 is 10.6. The smallest absolute Gasteiger partial charge is 0.410 e. The van der Waals surface area contributed by atoms with E-state index in [0.717, 1.165) is 5.57 Å². The van der Waals surface area contributed by atoms with Gasteiger partial charge in [-0.05, 0) is 53.9 Å². The molecule has 5 nitrogen and oxygen atoms in total. The van der Waals surface area contributed by atoms with Crippen LogP contribution in [0.1, 0.15) is 53.9 Å². The van der Waals surface area contributed by atoms with Gasteiger partial charge in [-0.25, -0.2) is 4.79 Å². The Labute approximate surface area is 133 Å². The molecule has 0 saturated carbocycles. The fourth-order valence-corrected chi connectivity index (χ4v) is 2.76. The first-order valence-corrected chi connectivity index (χ1v) is 7.89. The van der Waals surface area contributed by atoms with E-state index in [1.807, 2.05) is 34.6 Å². The van der Waals surface area contributed by atoms with Gasteiger partial charge in [-0.1, -0.05) is 5.57 Å². The SMILES string of the molecule is C=C(C)CC1(C(=O)OCC)CCN(C(=O)OC(C)(C)C)CC1. The highest BCUT2D eigenvalue weighted by molar-refractivity contribution is 5.78. The maximum absolute atomic E-state index is 12.4. The lowest BCUT2D eigenvalue weighted by molar-refractivity contribution is -0.158. The summed E-state index contributed by atoms with van der Waals surface area (Å²) in [6.45, 7) is 14.6. The van der Waals surface area contributed by atoms with E-state index in [1.54, 1.807) is 4.90 Å². The second-order valence-corrected chi connectivity index (χ2v) is 7.10. The molecule has 1 heterocycles. The molecule has 126 valence electrons. The summed E-state index contributed by atoms with van der Waals surface area (Å²) in [4.78, 5) is 26.1. The van der Waals surface area contributed by atoms with Crippen molar-refractivity contribution in [1.82, 2.24) is 4.90 Å². The number of nitrogens with zero attached hydrogens (tertiary/aromatic N) is 1. The van der Waals surface area contributed by atoms with Crippen LogP contribution in [0.3, 0.4) is 0 Å². The van der Waals surface area contributed by atoms with Gasteiger partial charge >= 0.3 is 12.1 Å². The molecule has 0 spiro atoms. The van der Waals surface area contributed by atoms with Gasteiger partial charge in [0, 0.05) is 13.1 Å². The Bertz CT molecular complexity index is 428.